The largest absolute Gasteiger partial charge is 0.492 e. The number of rotatable bonds is 20. The molecule has 0 fully saturated rings. The highest BCUT2D eigenvalue weighted by atomic mass is 16.5. The van der Waals surface area contributed by atoms with E-state index >= 15 is 0 Å². The average Bonchev–Trinajstić information content (AvgIpc) is 3.30. The van der Waals surface area contributed by atoms with E-state index in [1.807, 2.05) is 12.1 Å². The molecule has 1 aliphatic rings. The van der Waals surface area contributed by atoms with Crippen LogP contribution in [0, 0.1) is 42.4 Å². The molecule has 69 heavy (non-hydrogen) atoms. The maximum atomic E-state index is 14.8. The van der Waals surface area contributed by atoms with Gasteiger partial charge in [-0.25, -0.2) is 19.9 Å². The van der Waals surface area contributed by atoms with Gasteiger partial charge < -0.3 is 41.6 Å². The number of nitrogens with two attached hydrogens (primary N) is 3. The molecule has 0 radical (unpaired) electrons. The molecule has 2 aromatic heterocycles. The van der Waals surface area contributed by atoms with Crippen molar-refractivity contribution < 1.29 is 38.2 Å². The van der Waals surface area contributed by atoms with Gasteiger partial charge in [0.1, 0.15) is 30.8 Å². The van der Waals surface area contributed by atoms with E-state index in [-0.39, 0.29) is 99.9 Å². The molecule has 4 atom stereocenters. The highest BCUT2D eigenvalue weighted by molar-refractivity contribution is 6.01. The molecule has 368 valence electrons. The Bertz CT molecular complexity index is 2500. The summed E-state index contributed by atoms with van der Waals surface area (Å²) in [6, 6.07) is 10.4. The number of hydrogen-bond acceptors (Lipinski definition) is 16. The zero-order valence-corrected chi connectivity index (χ0v) is 40.8. The lowest BCUT2D eigenvalue weighted by atomic mass is 9.88. The number of aryl methyl sites for hydroxylation is 2. The minimum atomic E-state index is -1.26. The van der Waals surface area contributed by atoms with E-state index in [1.54, 1.807) is 63.5 Å². The lowest BCUT2D eigenvalue weighted by Gasteiger charge is -2.32. The molecule has 2 aromatic carbocycles. The van der Waals surface area contributed by atoms with E-state index in [0.29, 0.717) is 63.1 Å². The minimum absolute atomic E-state index is 0.0390. The number of nitrogens with zero attached hydrogens (tertiary/aromatic N) is 6. The van der Waals surface area contributed by atoms with Crippen molar-refractivity contribution >= 4 is 29.2 Å². The quantitative estimate of drug-likeness (QED) is 0.0853. The summed E-state index contributed by atoms with van der Waals surface area (Å²) in [6.07, 6.45) is 3.44. The highest BCUT2D eigenvalue weighted by Crippen LogP contribution is 2.41. The predicted octanol–water partition coefficient (Wildman–Crippen LogP) is 4.95. The number of nitrogens with one attached hydrogen (secondary N) is 1. The van der Waals surface area contributed by atoms with Crippen LogP contribution < -0.4 is 36.7 Å². The molecule has 0 saturated carbocycles. The number of fused-ring (bicyclic) bond motifs is 5. The number of amides is 2. The summed E-state index contributed by atoms with van der Waals surface area (Å²) in [5, 5.41) is 12.1. The van der Waals surface area contributed by atoms with Crippen molar-refractivity contribution in [1.29, 1.82) is 5.26 Å². The zero-order valence-electron chi connectivity index (χ0n) is 40.8. The van der Waals surface area contributed by atoms with Crippen molar-refractivity contribution in [1.82, 2.24) is 30.2 Å². The molecular formula is C51H66N10O8. The third-order valence-corrected chi connectivity index (χ3v) is 11.8. The van der Waals surface area contributed by atoms with Crippen LogP contribution in [-0.2, 0) is 25.6 Å². The molecule has 18 heteroatoms. The molecule has 4 bridgehead atoms. The summed E-state index contributed by atoms with van der Waals surface area (Å²) in [7, 11) is 1.49. The number of hydrogen-bond donors (Lipinski definition) is 4. The first-order chi connectivity index (χ1) is 32.9. The lowest BCUT2D eigenvalue weighted by Crippen LogP contribution is -2.46. The van der Waals surface area contributed by atoms with Crippen LogP contribution in [0.3, 0.4) is 0 Å². The molecule has 4 aromatic rings. The number of carbonyl (C=O) groups excluding carboxylic acids is 5. The fraction of sp³-hybridized carbons (Fsp3) is 0.490. The lowest BCUT2D eigenvalue weighted by molar-refractivity contribution is -0.142. The fourth-order valence-electron chi connectivity index (χ4n) is 8.17. The molecule has 2 amide bonds. The molecule has 0 saturated heterocycles. The van der Waals surface area contributed by atoms with Crippen LogP contribution in [0.15, 0.2) is 48.8 Å². The maximum absolute atomic E-state index is 14.8. The Morgan fingerprint density at radius 3 is 2.10 bits per heavy atom. The number of likely N-dealkylation sites (N-methyl/N-ethyl adjacent to an activating group) is 1. The molecule has 1 aliphatic heterocycles. The first-order valence-corrected chi connectivity index (χ1v) is 23.4. The van der Waals surface area contributed by atoms with Crippen LogP contribution in [0.25, 0.3) is 22.5 Å². The third kappa shape index (κ3) is 14.2. The molecule has 0 spiro atoms. The van der Waals surface area contributed by atoms with Gasteiger partial charge in [0.05, 0.1) is 41.2 Å². The first-order valence-electron chi connectivity index (χ1n) is 23.4. The minimum Gasteiger partial charge on any atom is -0.492 e. The van der Waals surface area contributed by atoms with E-state index in [0.717, 1.165) is 6.42 Å². The van der Waals surface area contributed by atoms with Gasteiger partial charge in [-0.15, -0.1) is 0 Å². The summed E-state index contributed by atoms with van der Waals surface area (Å²) >= 11 is 0. The van der Waals surface area contributed by atoms with Gasteiger partial charge in [-0.1, -0.05) is 39.8 Å². The highest BCUT2D eigenvalue weighted by Gasteiger charge is 2.36. The van der Waals surface area contributed by atoms with Gasteiger partial charge in [-0.3, -0.25) is 24.0 Å². The molecule has 0 unspecified atom stereocenters. The van der Waals surface area contributed by atoms with Gasteiger partial charge in [0.25, 0.3) is 0 Å². The molecule has 3 heterocycles. The van der Waals surface area contributed by atoms with E-state index < -0.39 is 41.5 Å². The van der Waals surface area contributed by atoms with Gasteiger partial charge in [-0.2, -0.15) is 5.26 Å². The Balaban J connectivity index is 1.52. The van der Waals surface area contributed by atoms with Gasteiger partial charge in [0.15, 0.2) is 23.2 Å². The first kappa shape index (κ1) is 53.3. The number of ketones is 3. The van der Waals surface area contributed by atoms with Crippen molar-refractivity contribution in [3.63, 3.8) is 0 Å². The summed E-state index contributed by atoms with van der Waals surface area (Å²) in [6.45, 7) is 12.6. The van der Waals surface area contributed by atoms with Crippen molar-refractivity contribution in [2.45, 2.75) is 98.6 Å². The van der Waals surface area contributed by atoms with Gasteiger partial charge in [0, 0.05) is 81.2 Å². The SMILES string of the molecule is Cc1nc(-c2cnc(OCCC(C)(C)C)nc2)nc(C)c1C(=O)C[C@@H](CCN)C(=O)N(C)[C@@H]1C(=O)C[C@@H](C)C(=O)N[C@H](C(=O)CCC#N)Cc2ccc(OCCN)c(c2)-c2cc1ccc2OCCN. The second kappa shape index (κ2) is 24.6. The predicted molar refractivity (Wildman–Crippen MR) is 259 cm³/mol. The van der Waals surface area contributed by atoms with Gasteiger partial charge >= 0.3 is 6.01 Å². The zero-order chi connectivity index (χ0) is 50.4. The number of benzene rings is 2. The van der Waals surface area contributed by atoms with E-state index in [9.17, 15) is 29.2 Å². The van der Waals surface area contributed by atoms with Crippen LogP contribution in [-0.4, -0.2) is 107 Å². The number of aromatic nitrogens is 4. The van der Waals surface area contributed by atoms with Crippen molar-refractivity contribution in [3.8, 4) is 46.1 Å². The molecule has 7 N–H and O–H groups in total. The smallest absolute Gasteiger partial charge is 0.316 e. The second-order valence-electron chi connectivity index (χ2n) is 18.6. The summed E-state index contributed by atoms with van der Waals surface area (Å²) in [5.74, 6) is -3.03. The Kier molecular flexibility index (Phi) is 19.0. The van der Waals surface area contributed by atoms with Gasteiger partial charge in [0.2, 0.25) is 11.8 Å². The molecular weight excluding hydrogens is 881 g/mol. The number of carbonyl (C=O) groups is 5. The van der Waals surface area contributed by atoms with Crippen molar-refractivity contribution in [2.75, 3.05) is 46.5 Å². The van der Waals surface area contributed by atoms with Crippen molar-refractivity contribution in [2.24, 2.45) is 34.5 Å². The number of Topliss-reactive ketones (excluding diaryl/α,β-unsaturated/α-hetero) is 3. The summed E-state index contributed by atoms with van der Waals surface area (Å²) in [5.41, 5.74) is 21.6. The topological polar surface area (TPSA) is 282 Å². The van der Waals surface area contributed by atoms with Crippen LogP contribution in [0.2, 0.25) is 0 Å². The summed E-state index contributed by atoms with van der Waals surface area (Å²) < 4.78 is 18.0. The van der Waals surface area contributed by atoms with Crippen LogP contribution >= 0.6 is 0 Å². The van der Waals surface area contributed by atoms with E-state index in [1.165, 1.54) is 11.9 Å². The van der Waals surface area contributed by atoms with E-state index in [2.05, 4.69) is 46.0 Å². The van der Waals surface area contributed by atoms with Crippen molar-refractivity contribution in [3.05, 3.63) is 76.9 Å². The average molecular weight is 947 g/mol. The Labute approximate surface area is 404 Å². The number of ether oxygens (including phenoxy) is 3. The monoisotopic (exact) mass is 947 g/mol. The fourth-order valence-corrected chi connectivity index (χ4v) is 8.17. The van der Waals surface area contributed by atoms with Crippen LogP contribution in [0.1, 0.15) is 105 Å². The molecule has 0 aliphatic carbocycles. The molecule has 5 rings (SSSR count). The second-order valence-corrected chi connectivity index (χ2v) is 18.6. The summed E-state index contributed by atoms with van der Waals surface area (Å²) in [4.78, 5) is 90.4. The molecule has 18 nitrogen and oxygen atoms in total. The van der Waals surface area contributed by atoms with E-state index in [4.69, 9.17) is 31.4 Å². The third-order valence-electron chi connectivity index (χ3n) is 11.8. The van der Waals surface area contributed by atoms with Crippen LogP contribution in [0.5, 0.6) is 17.5 Å². The number of nitriles is 1. The van der Waals surface area contributed by atoms with Crippen LogP contribution in [0.4, 0.5) is 0 Å². The maximum Gasteiger partial charge on any atom is 0.316 e. The normalized spacial score (nSPS) is 16.6. The standard InChI is InChI=1S/C51H66N10O8/c1-30-23-42(64)46(34-11-13-44(68-22-19-55)38(26-34)37-24-33(10-12-43(37)67-21-18-54)25-39(60-48(30)65)40(62)9-8-16-52)61(7)49(66)35(14-17-53)27-41(63)45-31(2)58-47(59-32(45)3)36-28-56-50(57-29-36)69-20-15-51(4,5)6/h10-13,24,26,28-30,35,39,46H,8-9,14-15,17-23,25,27,53-55H2,1-7H3,(H,60,65)/t30-,35-,39+,46+/m1/s1. The Morgan fingerprint density at radius 2 is 1.51 bits per heavy atom. The Morgan fingerprint density at radius 1 is 0.884 bits per heavy atom. The van der Waals surface area contributed by atoms with Gasteiger partial charge in [-0.05, 0) is 80.5 Å². The Hall–Kier alpha value is -6.68.